The molecule has 2 aliphatic rings. The van der Waals surface area contributed by atoms with E-state index in [9.17, 15) is 19.1 Å². The molecule has 0 saturated carbocycles. The molecule has 1 unspecified atom stereocenters. The molecule has 1 N–H and O–H groups in total. The van der Waals surface area contributed by atoms with Crippen LogP contribution in [-0.4, -0.2) is 48.6 Å². The molecule has 196 valence electrons. The van der Waals surface area contributed by atoms with E-state index in [1.165, 1.54) is 24.1 Å². The number of likely N-dealkylation sites (tertiary alicyclic amines) is 1. The van der Waals surface area contributed by atoms with Crippen LogP contribution in [0.2, 0.25) is 0 Å². The molecule has 1 amide bonds. The normalized spacial score (nSPS) is 18.0. The molecule has 2 heterocycles. The van der Waals surface area contributed by atoms with Gasteiger partial charge in [0.15, 0.2) is 23.0 Å². The van der Waals surface area contributed by atoms with Crippen molar-refractivity contribution in [3.8, 4) is 23.0 Å². The van der Waals surface area contributed by atoms with Gasteiger partial charge in [0.25, 0.3) is 11.7 Å². The maximum absolute atomic E-state index is 13.5. The van der Waals surface area contributed by atoms with Crippen LogP contribution in [0.15, 0.2) is 66.2 Å². The number of ketones is 1. The minimum Gasteiger partial charge on any atom is -0.507 e. The Kier molecular flexibility index (Phi) is 6.91. The van der Waals surface area contributed by atoms with Crippen LogP contribution < -0.4 is 18.9 Å². The highest BCUT2D eigenvalue weighted by Crippen LogP contribution is 2.43. The molecule has 5 rings (SSSR count). The van der Waals surface area contributed by atoms with Crippen molar-refractivity contribution in [1.82, 2.24) is 4.90 Å². The van der Waals surface area contributed by atoms with E-state index in [4.69, 9.17) is 18.9 Å². The number of Topliss-reactive ketones (excluding diaryl/α,β-unsaturated/α-hetero) is 1. The fourth-order valence-electron chi connectivity index (χ4n) is 4.65. The Morgan fingerprint density at radius 2 is 1.74 bits per heavy atom. The summed E-state index contributed by atoms with van der Waals surface area (Å²) in [7, 11) is 1.51. The van der Waals surface area contributed by atoms with E-state index in [0.29, 0.717) is 59.5 Å². The minimum atomic E-state index is -0.946. The van der Waals surface area contributed by atoms with E-state index in [0.717, 1.165) is 0 Å². The molecule has 1 atom stereocenters. The molecule has 2 aliphatic heterocycles. The number of carbonyl (C=O) groups is 2. The first-order chi connectivity index (χ1) is 18.4. The smallest absolute Gasteiger partial charge is 0.295 e. The van der Waals surface area contributed by atoms with Gasteiger partial charge in [-0.3, -0.25) is 9.59 Å². The monoisotopic (exact) mass is 519 g/mol. The number of ether oxygens (including phenoxy) is 4. The van der Waals surface area contributed by atoms with Gasteiger partial charge in [-0.05, 0) is 60.5 Å². The predicted octanol–water partition coefficient (Wildman–Crippen LogP) is 4.63. The SMILES string of the molecule is CCOc1cc(C2/C(=C(\O)c3ccc4c(c3)OCCO4)C(=O)C(=O)N2Cc2ccc(F)cc2)ccc1OC. The fraction of sp³-hybridized carbons (Fsp3) is 0.241. The highest BCUT2D eigenvalue weighted by molar-refractivity contribution is 6.46. The minimum absolute atomic E-state index is 0.0173. The molecular formula is C29H26FNO7. The number of amides is 1. The number of fused-ring (bicyclic) bond motifs is 1. The number of nitrogens with zero attached hydrogens (tertiary/aromatic N) is 1. The van der Waals surface area contributed by atoms with Crippen LogP contribution in [-0.2, 0) is 16.1 Å². The van der Waals surface area contributed by atoms with E-state index in [1.54, 1.807) is 48.5 Å². The summed E-state index contributed by atoms with van der Waals surface area (Å²) in [5, 5.41) is 11.4. The number of benzene rings is 3. The van der Waals surface area contributed by atoms with Gasteiger partial charge in [-0.25, -0.2) is 4.39 Å². The summed E-state index contributed by atoms with van der Waals surface area (Å²) in [6, 6.07) is 14.6. The zero-order chi connectivity index (χ0) is 26.8. The van der Waals surface area contributed by atoms with Gasteiger partial charge in [-0.15, -0.1) is 0 Å². The average molecular weight is 520 g/mol. The van der Waals surface area contributed by atoms with Crippen molar-refractivity contribution in [2.75, 3.05) is 26.9 Å². The second-order valence-corrected chi connectivity index (χ2v) is 8.76. The topological polar surface area (TPSA) is 94.5 Å². The maximum Gasteiger partial charge on any atom is 0.295 e. The molecule has 38 heavy (non-hydrogen) atoms. The van der Waals surface area contributed by atoms with Crippen molar-refractivity contribution in [1.29, 1.82) is 0 Å². The zero-order valence-electron chi connectivity index (χ0n) is 20.9. The number of hydrogen-bond acceptors (Lipinski definition) is 7. The van der Waals surface area contributed by atoms with Crippen molar-refractivity contribution in [3.63, 3.8) is 0 Å². The summed E-state index contributed by atoms with van der Waals surface area (Å²) in [6.45, 7) is 2.97. The lowest BCUT2D eigenvalue weighted by Crippen LogP contribution is -2.29. The quantitative estimate of drug-likeness (QED) is 0.276. The van der Waals surface area contributed by atoms with Gasteiger partial charge in [-0.2, -0.15) is 0 Å². The fourth-order valence-corrected chi connectivity index (χ4v) is 4.65. The van der Waals surface area contributed by atoms with Crippen molar-refractivity contribution in [2.24, 2.45) is 0 Å². The molecule has 0 spiro atoms. The van der Waals surface area contributed by atoms with Crippen molar-refractivity contribution < 1.29 is 38.0 Å². The van der Waals surface area contributed by atoms with Crippen LogP contribution in [0.5, 0.6) is 23.0 Å². The zero-order valence-corrected chi connectivity index (χ0v) is 20.9. The first-order valence-electron chi connectivity index (χ1n) is 12.1. The Hall–Kier alpha value is -4.53. The lowest BCUT2D eigenvalue weighted by Gasteiger charge is -2.26. The van der Waals surface area contributed by atoms with E-state index in [1.807, 2.05) is 6.92 Å². The van der Waals surface area contributed by atoms with Gasteiger partial charge < -0.3 is 29.0 Å². The maximum atomic E-state index is 13.5. The second kappa shape index (κ2) is 10.5. The largest absolute Gasteiger partial charge is 0.507 e. The number of aliphatic hydroxyl groups is 1. The molecule has 1 saturated heterocycles. The van der Waals surface area contributed by atoms with Gasteiger partial charge in [0.05, 0.1) is 25.3 Å². The molecule has 8 nitrogen and oxygen atoms in total. The third-order valence-electron chi connectivity index (χ3n) is 6.43. The Labute approximate surface area is 218 Å². The van der Waals surface area contributed by atoms with E-state index in [2.05, 4.69) is 0 Å². The van der Waals surface area contributed by atoms with Crippen LogP contribution in [0.4, 0.5) is 4.39 Å². The highest BCUT2D eigenvalue weighted by atomic mass is 19.1. The van der Waals surface area contributed by atoms with Crippen LogP contribution in [0.1, 0.15) is 29.7 Å². The first-order valence-corrected chi connectivity index (χ1v) is 12.1. The lowest BCUT2D eigenvalue weighted by molar-refractivity contribution is -0.140. The number of aliphatic hydroxyl groups excluding tert-OH is 1. The molecule has 3 aromatic carbocycles. The summed E-state index contributed by atoms with van der Waals surface area (Å²) < 4.78 is 35.8. The number of halogens is 1. The van der Waals surface area contributed by atoms with E-state index >= 15 is 0 Å². The number of hydrogen-bond donors (Lipinski definition) is 1. The molecular weight excluding hydrogens is 493 g/mol. The lowest BCUT2D eigenvalue weighted by atomic mass is 9.94. The summed E-state index contributed by atoms with van der Waals surface area (Å²) in [5.41, 5.74) is 1.38. The van der Waals surface area contributed by atoms with Crippen LogP contribution >= 0.6 is 0 Å². The number of methoxy groups -OCH3 is 1. The Balaban J connectivity index is 1.65. The van der Waals surface area contributed by atoms with Crippen molar-refractivity contribution >= 4 is 17.4 Å². The third kappa shape index (κ3) is 4.63. The highest BCUT2D eigenvalue weighted by Gasteiger charge is 2.46. The summed E-state index contributed by atoms with van der Waals surface area (Å²) in [6.07, 6.45) is 0. The molecule has 0 bridgehead atoms. The molecule has 1 fully saturated rings. The summed E-state index contributed by atoms with van der Waals surface area (Å²) >= 11 is 0. The third-order valence-corrected chi connectivity index (χ3v) is 6.43. The molecule has 0 radical (unpaired) electrons. The molecule has 9 heteroatoms. The number of rotatable bonds is 7. The van der Waals surface area contributed by atoms with Gasteiger partial charge in [0.1, 0.15) is 24.8 Å². The van der Waals surface area contributed by atoms with E-state index < -0.39 is 23.5 Å². The Morgan fingerprint density at radius 3 is 2.45 bits per heavy atom. The Morgan fingerprint density at radius 1 is 1.00 bits per heavy atom. The Bertz CT molecular complexity index is 1420. The van der Waals surface area contributed by atoms with Gasteiger partial charge in [0.2, 0.25) is 0 Å². The summed E-state index contributed by atoms with van der Waals surface area (Å²) in [4.78, 5) is 28.1. The molecule has 0 aliphatic carbocycles. The van der Waals surface area contributed by atoms with Crippen LogP contribution in [0, 0.1) is 5.82 Å². The van der Waals surface area contributed by atoms with Gasteiger partial charge >= 0.3 is 0 Å². The predicted molar refractivity (Wildman–Crippen MR) is 136 cm³/mol. The molecule has 3 aromatic rings. The van der Waals surface area contributed by atoms with E-state index in [-0.39, 0.29) is 17.9 Å². The molecule has 0 aromatic heterocycles. The first kappa shape index (κ1) is 25.1. The number of carbonyl (C=O) groups excluding carboxylic acids is 2. The van der Waals surface area contributed by atoms with Gasteiger partial charge in [0, 0.05) is 12.1 Å². The van der Waals surface area contributed by atoms with Crippen LogP contribution in [0.3, 0.4) is 0 Å². The van der Waals surface area contributed by atoms with Crippen molar-refractivity contribution in [3.05, 3.63) is 88.7 Å². The van der Waals surface area contributed by atoms with Crippen LogP contribution in [0.25, 0.3) is 5.76 Å². The standard InChI is InChI=1S/C29H26FNO7/c1-3-36-23-14-18(6-10-21(23)35-2)26-25(27(32)19-7-11-22-24(15-19)38-13-12-37-22)28(33)29(34)31(26)16-17-4-8-20(30)9-5-17/h4-11,14-15,26,32H,3,12-13,16H2,1-2H3/b27-25+. The van der Waals surface area contributed by atoms with Crippen molar-refractivity contribution in [2.45, 2.75) is 19.5 Å². The average Bonchev–Trinajstić information content (AvgIpc) is 3.18. The summed E-state index contributed by atoms with van der Waals surface area (Å²) in [5.74, 6) is -0.510. The van der Waals surface area contributed by atoms with Gasteiger partial charge in [-0.1, -0.05) is 18.2 Å². The second-order valence-electron chi connectivity index (χ2n) is 8.76.